The summed E-state index contributed by atoms with van der Waals surface area (Å²) in [4.78, 5) is 47.3. The van der Waals surface area contributed by atoms with Crippen molar-refractivity contribution >= 4 is 39.6 Å². The van der Waals surface area contributed by atoms with Crippen molar-refractivity contribution in [1.29, 1.82) is 5.26 Å². The number of rotatable bonds is 17. The highest BCUT2D eigenvalue weighted by Crippen LogP contribution is 2.34. The average Bonchev–Trinajstić information content (AvgIpc) is 3.06. The minimum absolute atomic E-state index is 0.0303. The fraction of sp³-hybridized carbons (Fsp3) is 0.562. The summed E-state index contributed by atoms with van der Waals surface area (Å²) in [6, 6.07) is 9.49. The molecule has 2 aromatic rings. The number of benzene rings is 1. The highest BCUT2D eigenvalue weighted by molar-refractivity contribution is 7.86. The normalized spacial score (nSPS) is 16.4. The van der Waals surface area contributed by atoms with Gasteiger partial charge in [0.2, 0.25) is 17.6 Å². The number of carbonyl (C=O) groups excluding carboxylic acids is 3. The van der Waals surface area contributed by atoms with Crippen LogP contribution in [0.5, 0.6) is 0 Å². The lowest BCUT2D eigenvalue weighted by molar-refractivity contribution is -0.144. The summed E-state index contributed by atoms with van der Waals surface area (Å²) in [5, 5.41) is 19.4. The maximum Gasteiger partial charge on any atom is 0.451 e. The van der Waals surface area contributed by atoms with E-state index in [0.717, 1.165) is 5.56 Å². The molecule has 20 heteroatoms. The van der Waals surface area contributed by atoms with Crippen molar-refractivity contribution in [2.45, 2.75) is 44.3 Å². The number of aromatic nitrogens is 2. The predicted molar refractivity (Wildman–Crippen MR) is 182 cm³/mol. The second-order valence-electron chi connectivity index (χ2n) is 12.3. The van der Waals surface area contributed by atoms with E-state index >= 15 is 0 Å². The number of piperidine rings is 1. The Labute approximate surface area is 299 Å². The molecule has 0 aliphatic carbocycles. The zero-order chi connectivity index (χ0) is 37.7. The summed E-state index contributed by atoms with van der Waals surface area (Å²) in [6.07, 6.45) is -1.76. The van der Waals surface area contributed by atoms with E-state index in [1.807, 2.05) is 6.07 Å². The first-order valence-corrected chi connectivity index (χ1v) is 18.4. The lowest BCUT2D eigenvalue weighted by Gasteiger charge is -2.41. The number of alkyl halides is 3. The van der Waals surface area contributed by atoms with E-state index in [1.165, 1.54) is 6.07 Å². The summed E-state index contributed by atoms with van der Waals surface area (Å²) < 4.78 is 76.7. The van der Waals surface area contributed by atoms with Crippen molar-refractivity contribution in [3.8, 4) is 6.07 Å². The molecule has 0 saturated carbocycles. The van der Waals surface area contributed by atoms with Gasteiger partial charge in [0.15, 0.2) is 5.75 Å². The first-order valence-electron chi connectivity index (χ1n) is 16.8. The Balaban J connectivity index is 1.17. The maximum absolute atomic E-state index is 13.9. The maximum atomic E-state index is 13.9. The van der Waals surface area contributed by atoms with Crippen molar-refractivity contribution < 1.29 is 45.3 Å². The van der Waals surface area contributed by atoms with Gasteiger partial charge in [-0.2, -0.15) is 26.9 Å². The Hall–Kier alpha value is -4.74. The van der Waals surface area contributed by atoms with Gasteiger partial charge in [0.05, 0.1) is 24.8 Å². The Morgan fingerprint density at radius 2 is 1.58 bits per heavy atom. The third kappa shape index (κ3) is 12.8. The quantitative estimate of drug-likeness (QED) is 0.114. The molecule has 52 heavy (non-hydrogen) atoms. The third-order valence-corrected chi connectivity index (χ3v) is 9.18. The van der Waals surface area contributed by atoms with Crippen LogP contribution in [0.15, 0.2) is 30.3 Å². The number of nitriles is 1. The molecule has 5 N–H and O–H groups in total. The lowest BCUT2D eigenvalue weighted by atomic mass is 9.93. The number of carbonyl (C=O) groups is 3. The minimum Gasteiger partial charge on any atom is -0.378 e. The zero-order valence-corrected chi connectivity index (χ0v) is 29.1. The molecular weight excluding hydrogens is 711 g/mol. The summed E-state index contributed by atoms with van der Waals surface area (Å²) in [5.74, 6) is -3.05. The van der Waals surface area contributed by atoms with E-state index in [4.69, 9.17) is 14.6 Å². The second-order valence-corrected chi connectivity index (χ2v) is 13.8. The molecule has 0 spiro atoms. The van der Waals surface area contributed by atoms with E-state index in [-0.39, 0.29) is 49.8 Å². The fourth-order valence-electron chi connectivity index (χ4n) is 5.71. The summed E-state index contributed by atoms with van der Waals surface area (Å²) >= 11 is 0. The Kier molecular flexibility index (Phi) is 14.4. The van der Waals surface area contributed by atoms with Crippen LogP contribution in [0.1, 0.15) is 42.6 Å². The van der Waals surface area contributed by atoms with E-state index in [2.05, 4.69) is 31.2 Å². The van der Waals surface area contributed by atoms with Gasteiger partial charge in [0, 0.05) is 51.9 Å². The number of ether oxygens (including phenoxy) is 1. The van der Waals surface area contributed by atoms with Crippen LogP contribution in [-0.2, 0) is 37.0 Å². The van der Waals surface area contributed by atoms with Crippen molar-refractivity contribution in [3.05, 3.63) is 47.3 Å². The van der Waals surface area contributed by atoms with Crippen LogP contribution in [0, 0.1) is 17.2 Å². The van der Waals surface area contributed by atoms with Crippen LogP contribution in [0.2, 0.25) is 0 Å². The number of nitrogens with one attached hydrogen (secondary N) is 4. The Morgan fingerprint density at radius 1 is 0.923 bits per heavy atom. The highest BCUT2D eigenvalue weighted by Gasteiger charge is 2.40. The molecule has 0 radical (unpaired) electrons. The molecule has 3 heterocycles. The predicted octanol–water partition coefficient (Wildman–Crippen LogP) is 1.23. The smallest absolute Gasteiger partial charge is 0.378 e. The lowest BCUT2D eigenvalue weighted by Crippen LogP contribution is -2.57. The second kappa shape index (κ2) is 18.7. The minimum atomic E-state index is -4.78. The third-order valence-electron chi connectivity index (χ3n) is 8.56. The van der Waals surface area contributed by atoms with Gasteiger partial charge in [0.1, 0.15) is 17.7 Å². The topological polar surface area (TPSA) is 219 Å². The summed E-state index contributed by atoms with van der Waals surface area (Å²) in [5.41, 5.74) is 1.47. The zero-order valence-electron chi connectivity index (χ0n) is 28.3. The molecule has 284 valence electrons. The molecule has 0 bridgehead atoms. The van der Waals surface area contributed by atoms with E-state index in [1.54, 1.807) is 34.1 Å². The van der Waals surface area contributed by atoms with Crippen LogP contribution in [-0.4, -0.2) is 112 Å². The average molecular weight is 754 g/mol. The molecule has 1 atom stereocenters. The van der Waals surface area contributed by atoms with Crippen LogP contribution in [0.25, 0.3) is 0 Å². The molecule has 1 aromatic carbocycles. The molecule has 4 rings (SSSR count). The first-order chi connectivity index (χ1) is 24.7. The van der Waals surface area contributed by atoms with Gasteiger partial charge in [0.25, 0.3) is 10.1 Å². The molecule has 2 aliphatic heterocycles. The van der Waals surface area contributed by atoms with Gasteiger partial charge < -0.3 is 35.8 Å². The van der Waals surface area contributed by atoms with Crippen LogP contribution < -0.4 is 31.1 Å². The van der Waals surface area contributed by atoms with E-state index < -0.39 is 45.9 Å². The van der Waals surface area contributed by atoms with Gasteiger partial charge in [-0.1, -0.05) is 12.1 Å². The Morgan fingerprint density at radius 3 is 2.19 bits per heavy atom. The molecule has 2 saturated heterocycles. The molecule has 16 nitrogen and oxygen atoms in total. The van der Waals surface area contributed by atoms with E-state index in [0.29, 0.717) is 70.4 Å². The van der Waals surface area contributed by atoms with Gasteiger partial charge in [-0.05, 0) is 55.7 Å². The van der Waals surface area contributed by atoms with Crippen molar-refractivity contribution in [3.63, 3.8) is 0 Å². The summed E-state index contributed by atoms with van der Waals surface area (Å²) in [6.45, 7) is 2.44. The number of nitrogens with zero attached hydrogens (tertiary/aromatic N) is 5. The van der Waals surface area contributed by atoms with Crippen LogP contribution in [0.4, 0.5) is 29.6 Å². The Bertz CT molecular complexity index is 1680. The van der Waals surface area contributed by atoms with Crippen LogP contribution >= 0.6 is 0 Å². The summed E-state index contributed by atoms with van der Waals surface area (Å²) in [7, 11) is -4.40. The SMILES string of the molecule is N#Cc1ccc(CCNC(=O)[C@@H]2CCN2c2cc(N3CCC(CCNC(=O)NCCOCCNC(=O)CS(=O)(=O)O)CC3)nc(C(F)(F)F)n2)cc1. The molecule has 1 aromatic heterocycles. The van der Waals surface area contributed by atoms with Crippen molar-refractivity contribution in [2.24, 2.45) is 5.92 Å². The number of amides is 4. The largest absolute Gasteiger partial charge is 0.451 e. The highest BCUT2D eigenvalue weighted by atomic mass is 32.2. The van der Waals surface area contributed by atoms with Crippen LogP contribution in [0.3, 0.4) is 0 Å². The van der Waals surface area contributed by atoms with Gasteiger partial charge in [-0.25, -0.2) is 14.8 Å². The van der Waals surface area contributed by atoms with Gasteiger partial charge in [-0.15, -0.1) is 0 Å². The van der Waals surface area contributed by atoms with Gasteiger partial charge >= 0.3 is 12.2 Å². The number of halogens is 3. The molecule has 2 aliphatic rings. The number of hydrogen-bond donors (Lipinski definition) is 5. The number of anilines is 2. The van der Waals surface area contributed by atoms with Crippen molar-refractivity contribution in [1.82, 2.24) is 31.2 Å². The van der Waals surface area contributed by atoms with E-state index in [9.17, 15) is 36.0 Å². The monoisotopic (exact) mass is 753 g/mol. The molecule has 0 unspecified atom stereocenters. The standard InChI is InChI=1S/C32H42F3N9O7S/c33-32(34,35)30-41-26(19-27(42-30)44-16-9-25(44)29(46)38-10-5-22-1-3-24(20-36)4-2-22)43-14-7-23(8-15-43)6-11-39-31(47)40-13-18-51-17-12-37-28(45)21-52(48,49)50/h1-4,19,23,25H,5-18,21H2,(H,37,45)(H,38,46)(H2,39,40,47)(H,48,49,50)/t25-/m0/s1. The van der Waals surface area contributed by atoms with Crippen molar-refractivity contribution in [2.75, 3.05) is 74.6 Å². The first kappa shape index (κ1) is 40.0. The van der Waals surface area contributed by atoms with Gasteiger partial charge in [-0.3, -0.25) is 14.1 Å². The molecular formula is C32H42F3N9O7S. The number of hydrogen-bond acceptors (Lipinski definition) is 11. The molecule has 4 amide bonds. The molecule has 2 fully saturated rings. The fourth-order valence-corrected chi connectivity index (χ4v) is 6.14. The number of urea groups is 1.